The zero-order valence-electron chi connectivity index (χ0n) is 9.69. The molecule has 0 aromatic carbocycles. The van der Waals surface area contributed by atoms with Crippen LogP contribution in [-0.4, -0.2) is 42.9 Å². The quantitative estimate of drug-likeness (QED) is 0.762. The Bertz CT molecular complexity index is 502. The predicted octanol–water partition coefficient (Wildman–Crippen LogP) is 1.27. The summed E-state index contributed by atoms with van der Waals surface area (Å²) in [6.07, 6.45) is 0. The maximum atomic E-state index is 11.3. The highest BCUT2D eigenvalue weighted by atomic mass is 35.5. The predicted molar refractivity (Wildman–Crippen MR) is 67.9 cm³/mol. The van der Waals surface area contributed by atoms with Crippen LogP contribution in [0, 0.1) is 6.92 Å². The van der Waals surface area contributed by atoms with Crippen LogP contribution in [0.5, 0.6) is 0 Å². The van der Waals surface area contributed by atoms with E-state index in [1.165, 1.54) is 0 Å². The van der Waals surface area contributed by atoms with Gasteiger partial charge in [0.1, 0.15) is 5.15 Å². The van der Waals surface area contributed by atoms with Gasteiger partial charge in [-0.05, 0) is 18.6 Å². The van der Waals surface area contributed by atoms with E-state index in [9.17, 15) is 8.42 Å². The SMILES string of the molecule is Cc1nc(Cl)ccc1CN1CCS(=O)(=O)CC1. The summed E-state index contributed by atoms with van der Waals surface area (Å²) in [6.45, 7) is 3.86. The second kappa shape index (κ2) is 4.92. The third kappa shape index (κ3) is 3.40. The van der Waals surface area contributed by atoms with Crippen LogP contribution in [0.1, 0.15) is 11.3 Å². The smallest absolute Gasteiger partial charge is 0.152 e. The van der Waals surface area contributed by atoms with Crippen molar-refractivity contribution in [3.05, 3.63) is 28.5 Å². The maximum absolute atomic E-state index is 11.3. The van der Waals surface area contributed by atoms with E-state index in [1.807, 2.05) is 13.0 Å². The number of sulfone groups is 1. The van der Waals surface area contributed by atoms with Crippen LogP contribution in [0.15, 0.2) is 12.1 Å². The third-order valence-electron chi connectivity index (χ3n) is 2.99. The molecular formula is C11H15ClN2O2S. The molecule has 0 saturated carbocycles. The molecule has 0 bridgehead atoms. The van der Waals surface area contributed by atoms with Crippen molar-refractivity contribution in [1.29, 1.82) is 0 Å². The fourth-order valence-corrected chi connectivity index (χ4v) is 3.34. The molecule has 1 saturated heterocycles. The molecule has 0 spiro atoms. The van der Waals surface area contributed by atoms with Gasteiger partial charge in [0.05, 0.1) is 11.5 Å². The Labute approximate surface area is 107 Å². The number of aryl methyl sites for hydroxylation is 1. The van der Waals surface area contributed by atoms with Crippen molar-refractivity contribution >= 4 is 21.4 Å². The third-order valence-corrected chi connectivity index (χ3v) is 4.81. The van der Waals surface area contributed by atoms with Gasteiger partial charge >= 0.3 is 0 Å². The van der Waals surface area contributed by atoms with E-state index in [4.69, 9.17) is 11.6 Å². The molecule has 0 radical (unpaired) electrons. The van der Waals surface area contributed by atoms with Crippen molar-refractivity contribution in [2.75, 3.05) is 24.6 Å². The second-order valence-electron chi connectivity index (χ2n) is 4.31. The van der Waals surface area contributed by atoms with Crippen molar-refractivity contribution in [3.63, 3.8) is 0 Å². The molecule has 6 heteroatoms. The van der Waals surface area contributed by atoms with Gasteiger partial charge in [0.25, 0.3) is 0 Å². The summed E-state index contributed by atoms with van der Waals surface area (Å²) in [6, 6.07) is 3.72. The molecule has 1 aromatic rings. The van der Waals surface area contributed by atoms with Gasteiger partial charge in [-0.3, -0.25) is 4.90 Å². The second-order valence-corrected chi connectivity index (χ2v) is 7.00. The summed E-state index contributed by atoms with van der Waals surface area (Å²) < 4.78 is 22.6. The van der Waals surface area contributed by atoms with E-state index in [0.29, 0.717) is 18.2 Å². The molecule has 2 heterocycles. The van der Waals surface area contributed by atoms with Crippen LogP contribution in [0.3, 0.4) is 0 Å². The van der Waals surface area contributed by atoms with Crippen molar-refractivity contribution in [1.82, 2.24) is 9.88 Å². The lowest BCUT2D eigenvalue weighted by Gasteiger charge is -2.26. The van der Waals surface area contributed by atoms with Crippen LogP contribution in [0.2, 0.25) is 5.15 Å². The molecule has 0 N–H and O–H groups in total. The van der Waals surface area contributed by atoms with Gasteiger partial charge in [-0.15, -0.1) is 0 Å². The Kier molecular flexibility index (Phi) is 3.70. The Balaban J connectivity index is 2.02. The first-order valence-corrected chi connectivity index (χ1v) is 7.71. The van der Waals surface area contributed by atoms with Crippen LogP contribution in [0.4, 0.5) is 0 Å². The molecule has 1 aliphatic rings. The molecule has 0 amide bonds. The Morgan fingerprint density at radius 2 is 2.00 bits per heavy atom. The van der Waals surface area contributed by atoms with E-state index in [1.54, 1.807) is 6.07 Å². The molecule has 1 fully saturated rings. The fourth-order valence-electron chi connectivity index (χ4n) is 1.88. The molecule has 0 unspecified atom stereocenters. The average Bonchev–Trinajstić information content (AvgIpc) is 2.25. The number of hydrogen-bond donors (Lipinski definition) is 0. The number of halogens is 1. The zero-order chi connectivity index (χ0) is 12.5. The van der Waals surface area contributed by atoms with Gasteiger partial charge in [-0.2, -0.15) is 0 Å². The molecule has 2 rings (SSSR count). The summed E-state index contributed by atoms with van der Waals surface area (Å²) in [5, 5.41) is 0.493. The van der Waals surface area contributed by atoms with E-state index in [-0.39, 0.29) is 11.5 Å². The van der Waals surface area contributed by atoms with Crippen molar-refractivity contribution in [3.8, 4) is 0 Å². The first-order valence-electron chi connectivity index (χ1n) is 5.51. The standard InChI is InChI=1S/C11H15ClN2O2S/c1-9-10(2-3-11(12)13-9)8-14-4-6-17(15,16)7-5-14/h2-3H,4-8H2,1H3. The summed E-state index contributed by atoms with van der Waals surface area (Å²) >= 11 is 5.79. The Morgan fingerprint density at radius 3 is 2.59 bits per heavy atom. The van der Waals surface area contributed by atoms with Gasteiger partial charge < -0.3 is 0 Å². The lowest BCUT2D eigenvalue weighted by molar-refractivity contribution is 0.287. The topological polar surface area (TPSA) is 50.3 Å². The molecule has 0 aliphatic carbocycles. The first-order chi connectivity index (χ1) is 7.96. The molecule has 4 nitrogen and oxygen atoms in total. The first kappa shape index (κ1) is 12.8. The van der Waals surface area contributed by atoms with Crippen LogP contribution in [0.25, 0.3) is 0 Å². The van der Waals surface area contributed by atoms with Gasteiger partial charge in [-0.1, -0.05) is 17.7 Å². The largest absolute Gasteiger partial charge is 0.297 e. The molecule has 17 heavy (non-hydrogen) atoms. The van der Waals surface area contributed by atoms with Crippen molar-refractivity contribution in [2.24, 2.45) is 0 Å². The number of hydrogen-bond acceptors (Lipinski definition) is 4. The molecule has 1 aromatic heterocycles. The minimum absolute atomic E-state index is 0.257. The van der Waals surface area contributed by atoms with Gasteiger partial charge in [0, 0.05) is 25.3 Å². The minimum Gasteiger partial charge on any atom is -0.297 e. The highest BCUT2D eigenvalue weighted by Crippen LogP contribution is 2.14. The summed E-state index contributed by atoms with van der Waals surface area (Å²) in [4.78, 5) is 6.33. The van der Waals surface area contributed by atoms with Gasteiger partial charge in [0.2, 0.25) is 0 Å². The van der Waals surface area contributed by atoms with Gasteiger partial charge in [0.15, 0.2) is 9.84 Å². The number of aromatic nitrogens is 1. The maximum Gasteiger partial charge on any atom is 0.152 e. The molecule has 94 valence electrons. The van der Waals surface area contributed by atoms with E-state index >= 15 is 0 Å². The lowest BCUT2D eigenvalue weighted by atomic mass is 10.2. The number of rotatable bonds is 2. The Morgan fingerprint density at radius 1 is 1.35 bits per heavy atom. The highest BCUT2D eigenvalue weighted by molar-refractivity contribution is 7.91. The van der Waals surface area contributed by atoms with Crippen LogP contribution < -0.4 is 0 Å². The molecule has 1 aliphatic heterocycles. The van der Waals surface area contributed by atoms with E-state index in [0.717, 1.165) is 17.8 Å². The van der Waals surface area contributed by atoms with Gasteiger partial charge in [-0.25, -0.2) is 13.4 Å². The summed E-state index contributed by atoms with van der Waals surface area (Å²) in [5.41, 5.74) is 2.01. The fraction of sp³-hybridized carbons (Fsp3) is 0.545. The normalized spacial score (nSPS) is 20.4. The lowest BCUT2D eigenvalue weighted by Crippen LogP contribution is -2.39. The van der Waals surface area contributed by atoms with Crippen molar-refractivity contribution in [2.45, 2.75) is 13.5 Å². The average molecular weight is 275 g/mol. The van der Waals surface area contributed by atoms with E-state index < -0.39 is 9.84 Å². The Hall–Kier alpha value is -0.650. The zero-order valence-corrected chi connectivity index (χ0v) is 11.3. The highest BCUT2D eigenvalue weighted by Gasteiger charge is 2.21. The minimum atomic E-state index is -2.80. The summed E-state index contributed by atoms with van der Waals surface area (Å²) in [7, 11) is -2.80. The van der Waals surface area contributed by atoms with Crippen molar-refractivity contribution < 1.29 is 8.42 Å². The van der Waals surface area contributed by atoms with Crippen LogP contribution >= 0.6 is 11.6 Å². The summed E-state index contributed by atoms with van der Waals surface area (Å²) in [5.74, 6) is 0.514. The molecular weight excluding hydrogens is 260 g/mol. The van der Waals surface area contributed by atoms with Crippen LogP contribution in [-0.2, 0) is 16.4 Å². The monoisotopic (exact) mass is 274 g/mol. The number of pyridine rings is 1. The number of nitrogens with zero attached hydrogens (tertiary/aromatic N) is 2. The molecule has 0 atom stereocenters. The van der Waals surface area contributed by atoms with E-state index in [2.05, 4.69) is 9.88 Å².